The second-order valence-corrected chi connectivity index (χ2v) is 2.81. The summed E-state index contributed by atoms with van der Waals surface area (Å²) in [5.74, 6) is 5.03. The van der Waals surface area contributed by atoms with Crippen LogP contribution in [0.5, 0.6) is 0 Å². The largest absolute Gasteiger partial charge is 1.00 e. The van der Waals surface area contributed by atoms with Crippen LogP contribution in [0.25, 0.3) is 0 Å². The van der Waals surface area contributed by atoms with Crippen molar-refractivity contribution >= 4 is 6.29 Å². The summed E-state index contributed by atoms with van der Waals surface area (Å²) in [7, 11) is 3.83. The van der Waals surface area contributed by atoms with E-state index in [4.69, 9.17) is 0 Å². The Kier molecular flexibility index (Phi) is 10.9. The minimum absolute atomic E-state index is 0. The quantitative estimate of drug-likeness (QED) is 0.239. The maximum absolute atomic E-state index is 9.76. The molecule has 0 rings (SSSR count). The van der Waals surface area contributed by atoms with Crippen LogP contribution in [0.3, 0.4) is 0 Å². The van der Waals surface area contributed by atoms with Gasteiger partial charge < -0.3 is 21.1 Å². The molecule has 64 valence electrons. The second kappa shape index (κ2) is 7.40. The third-order valence-electron chi connectivity index (χ3n) is 1.54. The van der Waals surface area contributed by atoms with E-state index in [1.165, 1.54) is 0 Å². The van der Waals surface area contributed by atoms with Gasteiger partial charge in [-0.05, 0) is 19.6 Å². The van der Waals surface area contributed by atoms with Crippen molar-refractivity contribution in [3.05, 3.63) is 0 Å². The average molecular weight is 162 g/mol. The molecule has 0 aromatic heterocycles. The predicted octanol–water partition coefficient (Wildman–Crippen LogP) is -2.73. The first kappa shape index (κ1) is 17.7. The Labute approximate surface area is 86.0 Å². The Bertz CT molecular complexity index is 179. The van der Waals surface area contributed by atoms with E-state index in [1.807, 2.05) is 32.8 Å². The van der Waals surface area contributed by atoms with Crippen LogP contribution in [-0.4, -0.2) is 36.3 Å². The molecule has 4 heteroatoms. The molecule has 0 bridgehead atoms. The molecule has 0 aromatic carbocycles. The fourth-order valence-electron chi connectivity index (χ4n) is 0.290. The molecule has 0 aromatic rings. The zero-order valence-corrected chi connectivity index (χ0v) is 8.30. The normalized spacial score (nSPS) is 8.75. The van der Waals surface area contributed by atoms with E-state index in [0.717, 1.165) is 0 Å². The van der Waals surface area contributed by atoms with Gasteiger partial charge in [0.1, 0.15) is 0 Å². The van der Waals surface area contributed by atoms with E-state index < -0.39 is 0 Å². The van der Waals surface area contributed by atoms with Crippen LogP contribution >= 0.6 is 0 Å². The average Bonchev–Trinajstić information content (AvgIpc) is 1.84. The topological polar surface area (TPSA) is 50.3 Å². The molecule has 0 fully saturated rings. The Balaban J connectivity index is -0.000000405. The van der Waals surface area contributed by atoms with Crippen LogP contribution in [0, 0.1) is 11.8 Å². The van der Waals surface area contributed by atoms with Crippen molar-refractivity contribution < 1.29 is 29.1 Å². The molecule has 12 heavy (non-hydrogen) atoms. The molecular formula is C8H13LiNO2-. The number of hydrogen-bond donors (Lipinski definition) is 0. The summed E-state index contributed by atoms with van der Waals surface area (Å²) < 4.78 is 0. The van der Waals surface area contributed by atoms with Crippen molar-refractivity contribution in [1.29, 1.82) is 0 Å². The van der Waals surface area contributed by atoms with Crippen molar-refractivity contribution in [2.24, 2.45) is 0 Å². The van der Waals surface area contributed by atoms with Crippen molar-refractivity contribution in [3.8, 4) is 11.8 Å². The van der Waals surface area contributed by atoms with Gasteiger partial charge in [-0.25, -0.2) is 0 Å². The summed E-state index contributed by atoms with van der Waals surface area (Å²) in [5.41, 5.74) is -0.239. The van der Waals surface area contributed by atoms with Crippen molar-refractivity contribution in [2.75, 3.05) is 14.1 Å². The zero-order chi connectivity index (χ0) is 8.20. The van der Waals surface area contributed by atoms with Crippen molar-refractivity contribution in [1.82, 2.24) is 4.90 Å². The van der Waals surface area contributed by atoms with E-state index in [9.17, 15) is 4.79 Å². The summed E-state index contributed by atoms with van der Waals surface area (Å²) >= 11 is 0. The smallest absolute Gasteiger partial charge is 0.870 e. The molecule has 0 aliphatic heterocycles. The molecule has 0 aliphatic carbocycles. The molecule has 0 saturated heterocycles. The van der Waals surface area contributed by atoms with Crippen LogP contribution in [0.15, 0.2) is 0 Å². The van der Waals surface area contributed by atoms with E-state index >= 15 is 0 Å². The third-order valence-corrected chi connectivity index (χ3v) is 1.54. The van der Waals surface area contributed by atoms with E-state index in [2.05, 4.69) is 11.8 Å². The van der Waals surface area contributed by atoms with Crippen molar-refractivity contribution in [2.45, 2.75) is 19.4 Å². The Morgan fingerprint density at radius 2 is 1.75 bits per heavy atom. The second-order valence-electron chi connectivity index (χ2n) is 2.81. The maximum Gasteiger partial charge on any atom is 1.00 e. The summed E-state index contributed by atoms with van der Waals surface area (Å²) in [6.07, 6.45) is 1.54. The molecular weight excluding hydrogens is 149 g/mol. The Morgan fingerprint density at radius 3 is 2.00 bits per heavy atom. The standard InChI is InChI=1S/C8H12NO.Li.H2O/c1-8(2,9(3)4)6-5-7-10;;/h1-4H3;;1H2/q-1;+1;/p-1. The van der Waals surface area contributed by atoms with E-state index in [0.29, 0.717) is 0 Å². The molecule has 0 heterocycles. The minimum Gasteiger partial charge on any atom is -0.870 e. The fraction of sp³-hybridized carbons (Fsp3) is 0.625. The first-order valence-corrected chi connectivity index (χ1v) is 3.07. The van der Waals surface area contributed by atoms with Gasteiger partial charge in [-0.15, -0.1) is 0 Å². The van der Waals surface area contributed by atoms with Gasteiger partial charge in [0.25, 0.3) is 0 Å². The first-order valence-electron chi connectivity index (χ1n) is 3.07. The molecule has 0 atom stereocenters. The molecule has 0 spiro atoms. The Morgan fingerprint density at radius 1 is 1.33 bits per heavy atom. The van der Waals surface area contributed by atoms with Crippen LogP contribution in [0.4, 0.5) is 0 Å². The van der Waals surface area contributed by atoms with Crippen LogP contribution in [0.2, 0.25) is 0 Å². The number of carbonyl (C=O) groups excluding carboxylic acids is 1. The predicted molar refractivity (Wildman–Crippen MR) is 43.2 cm³/mol. The van der Waals surface area contributed by atoms with Gasteiger partial charge in [-0.2, -0.15) is 0 Å². The van der Waals surface area contributed by atoms with E-state index in [-0.39, 0.29) is 29.9 Å². The minimum atomic E-state index is -0.239. The molecule has 3 nitrogen and oxygen atoms in total. The van der Waals surface area contributed by atoms with Gasteiger partial charge in [0.15, 0.2) is 0 Å². The van der Waals surface area contributed by atoms with Crippen LogP contribution in [-0.2, 0) is 4.79 Å². The summed E-state index contributed by atoms with van der Waals surface area (Å²) in [4.78, 5) is 11.7. The molecule has 0 radical (unpaired) electrons. The molecule has 0 aliphatic rings. The van der Waals surface area contributed by atoms with Gasteiger partial charge in [-0.1, -0.05) is 13.8 Å². The molecule has 1 N–H and O–H groups in total. The van der Waals surface area contributed by atoms with E-state index in [1.54, 1.807) is 6.29 Å². The fourth-order valence-corrected chi connectivity index (χ4v) is 0.290. The van der Waals surface area contributed by atoms with Crippen LogP contribution in [0.1, 0.15) is 13.8 Å². The van der Waals surface area contributed by atoms with Crippen molar-refractivity contribution in [3.63, 3.8) is 0 Å². The number of hydrogen-bond acceptors (Lipinski definition) is 3. The molecule has 0 amide bonds. The third kappa shape index (κ3) is 6.46. The summed E-state index contributed by atoms with van der Waals surface area (Å²) in [6.45, 7) is 3.88. The number of rotatable bonds is 1. The van der Waals surface area contributed by atoms with Gasteiger partial charge in [0, 0.05) is 6.29 Å². The van der Waals surface area contributed by atoms with Gasteiger partial charge >= 0.3 is 18.9 Å². The molecule has 0 saturated carbocycles. The maximum atomic E-state index is 9.76. The molecule has 0 unspecified atom stereocenters. The van der Waals surface area contributed by atoms with Gasteiger partial charge in [0.2, 0.25) is 0 Å². The zero-order valence-electron chi connectivity index (χ0n) is 8.30. The van der Waals surface area contributed by atoms with Gasteiger partial charge in [-0.3, -0.25) is 5.92 Å². The first-order chi connectivity index (χ1) is 4.50. The summed E-state index contributed by atoms with van der Waals surface area (Å²) in [6, 6.07) is 0. The van der Waals surface area contributed by atoms with Gasteiger partial charge in [0.05, 0.1) is 0 Å². The Hall–Kier alpha value is -0.253. The van der Waals surface area contributed by atoms with Crippen LogP contribution < -0.4 is 18.9 Å². The number of nitrogens with zero attached hydrogens (tertiary/aromatic N) is 1. The SMILES string of the molecule is CN(C)C(C)(C)C#C[C-]=O.[Li+].[OH-]. The summed E-state index contributed by atoms with van der Waals surface area (Å²) in [5, 5.41) is 0. The monoisotopic (exact) mass is 162 g/mol.